The summed E-state index contributed by atoms with van der Waals surface area (Å²) in [7, 11) is -2.25. The molecule has 8 rings (SSSR count). The Labute approximate surface area is 366 Å². The minimum atomic E-state index is -4.41. The lowest BCUT2D eigenvalue weighted by molar-refractivity contribution is 0.326. The van der Waals surface area contributed by atoms with E-state index in [-0.39, 0.29) is 4.21 Å². The molecule has 0 spiro atoms. The van der Waals surface area contributed by atoms with E-state index in [1.165, 1.54) is 17.2 Å². The summed E-state index contributed by atoms with van der Waals surface area (Å²) >= 11 is 28.5. The third kappa shape index (κ3) is 8.71. The third-order valence-corrected chi connectivity index (χ3v) is 14.7. The number of ether oxygens (including phenoxy) is 2. The summed E-state index contributed by atoms with van der Waals surface area (Å²) in [5.74, 6) is 1.32. The zero-order valence-corrected chi connectivity index (χ0v) is 36.9. The van der Waals surface area contributed by atoms with E-state index in [9.17, 15) is 13.0 Å². The van der Waals surface area contributed by atoms with E-state index in [4.69, 9.17) is 55.9 Å². The number of aromatic nitrogens is 2. The van der Waals surface area contributed by atoms with Gasteiger partial charge in [0.1, 0.15) is 11.5 Å². The summed E-state index contributed by atoms with van der Waals surface area (Å²) in [4.78, 5) is 4.09. The van der Waals surface area contributed by atoms with Gasteiger partial charge in [-0.15, -0.1) is 22.7 Å². The van der Waals surface area contributed by atoms with Crippen molar-refractivity contribution in [3.63, 3.8) is 0 Å². The van der Waals surface area contributed by atoms with Gasteiger partial charge in [-0.1, -0.05) is 70.7 Å². The van der Waals surface area contributed by atoms with Gasteiger partial charge in [0.2, 0.25) is 0 Å². The van der Waals surface area contributed by atoms with Gasteiger partial charge in [-0.25, -0.2) is 0 Å². The number of nitrogens with zero attached hydrogens (tertiary/aromatic N) is 3. The molecule has 2 aliphatic rings. The van der Waals surface area contributed by atoms with Crippen molar-refractivity contribution in [1.82, 2.24) is 14.0 Å². The Kier molecular flexibility index (Phi) is 12.5. The maximum atomic E-state index is 12.1. The molecule has 4 aromatic heterocycles. The summed E-state index contributed by atoms with van der Waals surface area (Å²) in [6.45, 7) is 2.92. The standard InChI is InChI=1S/C43H39Cl4N3O5S3/c1-48(17-6-2-4-8-27-25-49(35-12-10-29(44)22-33(35)46)40-31(27)14-19-54-37-16-21-56-42(37)40)18-7-3-5-9-28-26-50(36-13-11-30(45)23-34(36)47)41-32(28)15-20-55-38-24-39(57-43(38)41)58(51,52)53/h4-5,8-13,16,21-26H,2-3,6-7,14-15,17-20H2,1H3,(H,51,52,53). The van der Waals surface area contributed by atoms with Crippen LogP contribution in [-0.4, -0.2) is 60.4 Å². The Morgan fingerprint density at radius 1 is 0.759 bits per heavy atom. The molecule has 6 aromatic rings. The van der Waals surface area contributed by atoms with Crippen LogP contribution in [0.5, 0.6) is 11.5 Å². The van der Waals surface area contributed by atoms with Crippen LogP contribution in [-0.2, 0) is 23.0 Å². The van der Waals surface area contributed by atoms with E-state index in [2.05, 4.69) is 52.4 Å². The highest BCUT2D eigenvalue weighted by Gasteiger charge is 2.29. The Hall–Kier alpha value is -3.49. The van der Waals surface area contributed by atoms with Crippen molar-refractivity contribution in [1.29, 1.82) is 0 Å². The van der Waals surface area contributed by atoms with Gasteiger partial charge in [0.25, 0.3) is 0 Å². The molecule has 8 nitrogen and oxygen atoms in total. The quantitative estimate of drug-likeness (QED) is 0.0917. The lowest BCUT2D eigenvalue weighted by Crippen LogP contribution is -2.20. The largest absolute Gasteiger partial charge is 0.492 e. The molecule has 302 valence electrons. The molecular weight excluding hydrogens is 877 g/mol. The molecule has 0 radical (unpaired) electrons. The SMILES string of the molecule is CN(CCCC=Cc1cn(-c2ccc(Cl)cc2Cl)c2c1CCOc1ccsc1-2)CCCC=Cc1cn(-c2ccc(Cl)cc2Cl)c2c1CCOc1cc(S(=O)(=O)O)sc1-2. The monoisotopic (exact) mass is 913 g/mol. The molecular formula is C43H39Cl4N3O5S3. The van der Waals surface area contributed by atoms with E-state index >= 15 is 0 Å². The van der Waals surface area contributed by atoms with Gasteiger partial charge in [0.05, 0.1) is 55.8 Å². The molecule has 0 fully saturated rings. The van der Waals surface area contributed by atoms with Gasteiger partial charge < -0.3 is 23.5 Å². The van der Waals surface area contributed by atoms with Gasteiger partial charge in [0.15, 0.2) is 4.21 Å². The predicted octanol–water partition coefficient (Wildman–Crippen LogP) is 12.7. The van der Waals surface area contributed by atoms with Crippen LogP contribution in [0.25, 0.3) is 44.7 Å². The molecule has 0 amide bonds. The van der Waals surface area contributed by atoms with Crippen molar-refractivity contribution in [3.05, 3.63) is 121 Å². The molecule has 0 bridgehead atoms. The van der Waals surface area contributed by atoms with Crippen LogP contribution in [0.4, 0.5) is 0 Å². The summed E-state index contributed by atoms with van der Waals surface area (Å²) in [6.07, 6.45) is 18.3. The van der Waals surface area contributed by atoms with E-state index in [0.29, 0.717) is 56.0 Å². The van der Waals surface area contributed by atoms with Crippen LogP contribution >= 0.6 is 69.1 Å². The number of benzene rings is 2. The van der Waals surface area contributed by atoms with Crippen molar-refractivity contribution in [2.45, 2.75) is 42.7 Å². The first-order chi connectivity index (χ1) is 28.0. The first-order valence-corrected chi connectivity index (χ1v) is 23.5. The number of hydrogen-bond donors (Lipinski definition) is 1. The Morgan fingerprint density at radius 2 is 1.29 bits per heavy atom. The Balaban J connectivity index is 0.906. The number of rotatable bonds is 13. The summed E-state index contributed by atoms with van der Waals surface area (Å²) in [5, 5.41) is 4.24. The highest BCUT2D eigenvalue weighted by Crippen LogP contribution is 2.47. The summed E-state index contributed by atoms with van der Waals surface area (Å²) in [6, 6.07) is 14.3. The fourth-order valence-electron chi connectivity index (χ4n) is 7.52. The second-order valence-electron chi connectivity index (χ2n) is 14.2. The van der Waals surface area contributed by atoms with Crippen LogP contribution in [0, 0.1) is 0 Å². The smallest absolute Gasteiger partial charge is 0.304 e. The normalized spacial score (nSPS) is 13.9. The van der Waals surface area contributed by atoms with Crippen LogP contribution in [0.1, 0.15) is 47.9 Å². The van der Waals surface area contributed by atoms with Crippen LogP contribution in [0.15, 0.2) is 82.7 Å². The maximum absolute atomic E-state index is 12.1. The fraction of sp³-hybridized carbons (Fsp3) is 0.256. The molecule has 2 aliphatic heterocycles. The highest BCUT2D eigenvalue weighted by atomic mass is 35.5. The van der Waals surface area contributed by atoms with Crippen LogP contribution < -0.4 is 9.47 Å². The van der Waals surface area contributed by atoms with Crippen LogP contribution in [0.3, 0.4) is 0 Å². The van der Waals surface area contributed by atoms with E-state index < -0.39 is 10.1 Å². The van der Waals surface area contributed by atoms with E-state index in [0.717, 1.165) is 95.4 Å². The molecule has 0 saturated heterocycles. The zero-order valence-electron chi connectivity index (χ0n) is 31.4. The van der Waals surface area contributed by atoms with Crippen molar-refractivity contribution < 1.29 is 22.4 Å². The number of halogens is 4. The average molecular weight is 916 g/mol. The Morgan fingerprint density at radius 3 is 1.83 bits per heavy atom. The first-order valence-electron chi connectivity index (χ1n) is 18.8. The molecule has 0 aliphatic carbocycles. The molecule has 2 aromatic carbocycles. The van der Waals surface area contributed by atoms with Crippen molar-refractivity contribution >= 4 is 91.3 Å². The van der Waals surface area contributed by atoms with Crippen molar-refractivity contribution in [2.75, 3.05) is 33.4 Å². The first kappa shape index (κ1) is 41.3. The number of hydrogen-bond acceptors (Lipinski definition) is 7. The maximum Gasteiger partial charge on any atom is 0.304 e. The van der Waals surface area contributed by atoms with Crippen LogP contribution in [0.2, 0.25) is 20.1 Å². The van der Waals surface area contributed by atoms with Gasteiger partial charge in [-0.05, 0) is 116 Å². The number of allylic oxidation sites excluding steroid dienone is 2. The fourth-order valence-corrected chi connectivity index (χ4v) is 11.3. The van der Waals surface area contributed by atoms with Gasteiger partial charge >= 0.3 is 10.1 Å². The van der Waals surface area contributed by atoms with Crippen molar-refractivity contribution in [3.8, 4) is 44.0 Å². The lowest BCUT2D eigenvalue weighted by atomic mass is 10.1. The van der Waals surface area contributed by atoms with Gasteiger partial charge in [0, 0.05) is 41.3 Å². The number of unbranched alkanes of at least 4 members (excludes halogenated alkanes) is 2. The third-order valence-electron chi connectivity index (χ3n) is 10.2. The summed E-state index contributed by atoms with van der Waals surface area (Å²) < 4.78 is 50.0. The lowest BCUT2D eigenvalue weighted by Gasteiger charge is -2.15. The summed E-state index contributed by atoms with van der Waals surface area (Å²) in [5.41, 5.74) is 7.93. The molecule has 0 unspecified atom stereocenters. The van der Waals surface area contributed by atoms with E-state index in [1.807, 2.05) is 35.0 Å². The number of thiophene rings is 2. The molecule has 1 N–H and O–H groups in total. The second kappa shape index (κ2) is 17.6. The average Bonchev–Trinajstić information content (AvgIpc) is 3.92. The molecule has 0 saturated carbocycles. The van der Waals surface area contributed by atoms with Gasteiger partial charge in [-0.2, -0.15) is 8.42 Å². The molecule has 15 heteroatoms. The minimum Gasteiger partial charge on any atom is -0.492 e. The molecule has 0 atom stereocenters. The van der Waals surface area contributed by atoms with Gasteiger partial charge in [-0.3, -0.25) is 4.55 Å². The minimum absolute atomic E-state index is 0.171. The van der Waals surface area contributed by atoms with Crippen molar-refractivity contribution in [2.24, 2.45) is 0 Å². The molecule has 58 heavy (non-hydrogen) atoms. The number of fused-ring (bicyclic) bond motifs is 6. The second-order valence-corrected chi connectivity index (χ2v) is 19.5. The molecule has 6 heterocycles. The zero-order chi connectivity index (χ0) is 40.6. The Bertz CT molecular complexity index is 2660. The highest BCUT2D eigenvalue weighted by molar-refractivity contribution is 7.88. The van der Waals surface area contributed by atoms with E-state index in [1.54, 1.807) is 29.5 Å². The predicted molar refractivity (Wildman–Crippen MR) is 240 cm³/mol. The topological polar surface area (TPSA) is 85.9 Å².